The minimum atomic E-state index is -0.826. The molecule has 0 saturated heterocycles. The number of carbonyl (C=O) groups excluding carboxylic acids is 1. The zero-order chi connectivity index (χ0) is 18.4. The number of rotatable bonds is 7. The molecule has 0 bridgehead atoms. The van der Waals surface area contributed by atoms with Crippen molar-refractivity contribution >= 4 is 6.29 Å². The van der Waals surface area contributed by atoms with Crippen molar-refractivity contribution in [2.45, 2.75) is 25.0 Å². The molecule has 1 aliphatic carbocycles. The van der Waals surface area contributed by atoms with Gasteiger partial charge in [0.05, 0.1) is 19.1 Å². The zero-order valence-electron chi connectivity index (χ0n) is 14.4. The molecule has 0 radical (unpaired) electrons. The summed E-state index contributed by atoms with van der Waals surface area (Å²) >= 11 is 0. The summed E-state index contributed by atoms with van der Waals surface area (Å²) in [5, 5.41) is 11.7. The van der Waals surface area contributed by atoms with Crippen molar-refractivity contribution in [3.05, 3.63) is 93.6 Å². The van der Waals surface area contributed by atoms with Crippen LogP contribution in [0.5, 0.6) is 0 Å². The lowest BCUT2D eigenvalue weighted by molar-refractivity contribution is -0.528. The van der Waals surface area contributed by atoms with Gasteiger partial charge in [0, 0.05) is 17.3 Å². The molecule has 2 aromatic rings. The lowest BCUT2D eigenvalue weighted by atomic mass is 9.74. The molecule has 0 amide bonds. The van der Waals surface area contributed by atoms with Gasteiger partial charge in [-0.15, -0.1) is 0 Å². The summed E-state index contributed by atoms with van der Waals surface area (Å²) in [5.41, 5.74) is 2.43. The van der Waals surface area contributed by atoms with Crippen LogP contribution in [0.25, 0.3) is 0 Å². The minimum absolute atomic E-state index is 0.158. The molecule has 5 heteroatoms. The largest absolute Gasteiger partial charge is 0.376 e. The van der Waals surface area contributed by atoms with Crippen molar-refractivity contribution in [2.24, 2.45) is 5.92 Å². The third-order valence-corrected chi connectivity index (χ3v) is 4.78. The first-order valence-corrected chi connectivity index (χ1v) is 8.65. The molecule has 0 unspecified atom stereocenters. The molecular formula is C21H21NO4. The van der Waals surface area contributed by atoms with Crippen LogP contribution < -0.4 is 0 Å². The smallest absolute Gasteiger partial charge is 0.224 e. The summed E-state index contributed by atoms with van der Waals surface area (Å²) in [5.74, 6) is -0.531. The predicted octanol–water partition coefficient (Wildman–Crippen LogP) is 3.78. The zero-order valence-corrected chi connectivity index (χ0v) is 14.4. The number of benzene rings is 2. The van der Waals surface area contributed by atoms with Crippen LogP contribution in [0.3, 0.4) is 0 Å². The number of aldehydes is 1. The van der Waals surface area contributed by atoms with Gasteiger partial charge in [0.15, 0.2) is 0 Å². The fourth-order valence-electron chi connectivity index (χ4n) is 3.58. The molecule has 0 spiro atoms. The second-order valence-electron chi connectivity index (χ2n) is 6.52. The molecule has 26 heavy (non-hydrogen) atoms. The number of carbonyl (C=O) groups is 1. The lowest BCUT2D eigenvalue weighted by Crippen LogP contribution is -2.37. The Balaban J connectivity index is 1.82. The Bertz CT molecular complexity index is 773. The first-order chi connectivity index (χ1) is 12.7. The highest BCUT2D eigenvalue weighted by molar-refractivity contribution is 5.73. The molecule has 3 atom stereocenters. The molecule has 0 aromatic heterocycles. The monoisotopic (exact) mass is 351 g/mol. The Hall–Kier alpha value is -2.79. The van der Waals surface area contributed by atoms with Gasteiger partial charge in [0.1, 0.15) is 6.29 Å². The van der Waals surface area contributed by atoms with E-state index in [0.29, 0.717) is 18.8 Å². The average Bonchev–Trinajstić information content (AvgIpc) is 2.68. The quantitative estimate of drug-likeness (QED) is 0.432. The van der Waals surface area contributed by atoms with E-state index >= 15 is 0 Å². The van der Waals surface area contributed by atoms with E-state index in [9.17, 15) is 14.9 Å². The van der Waals surface area contributed by atoms with Gasteiger partial charge in [0.2, 0.25) is 6.04 Å². The Kier molecular flexibility index (Phi) is 5.92. The van der Waals surface area contributed by atoms with Crippen LogP contribution in [0.2, 0.25) is 0 Å². The normalized spacial score (nSPS) is 22.5. The van der Waals surface area contributed by atoms with Gasteiger partial charge in [0.25, 0.3) is 0 Å². The van der Waals surface area contributed by atoms with Crippen LogP contribution >= 0.6 is 0 Å². The Morgan fingerprint density at radius 1 is 1.08 bits per heavy atom. The number of ether oxygens (including phenoxy) is 1. The van der Waals surface area contributed by atoms with Gasteiger partial charge in [-0.25, -0.2) is 0 Å². The summed E-state index contributed by atoms with van der Waals surface area (Å²) < 4.78 is 5.85. The van der Waals surface area contributed by atoms with Crippen LogP contribution in [0.15, 0.2) is 72.3 Å². The molecule has 0 fully saturated rings. The first-order valence-electron chi connectivity index (χ1n) is 8.65. The highest BCUT2D eigenvalue weighted by Gasteiger charge is 2.41. The van der Waals surface area contributed by atoms with Crippen molar-refractivity contribution in [3.8, 4) is 0 Å². The van der Waals surface area contributed by atoms with Crippen molar-refractivity contribution in [3.63, 3.8) is 0 Å². The number of nitrogens with zero attached hydrogens (tertiary/aromatic N) is 1. The molecule has 0 N–H and O–H groups in total. The fourth-order valence-corrected chi connectivity index (χ4v) is 3.58. The van der Waals surface area contributed by atoms with E-state index in [1.54, 1.807) is 0 Å². The molecule has 5 nitrogen and oxygen atoms in total. The van der Waals surface area contributed by atoms with Gasteiger partial charge in [-0.2, -0.15) is 0 Å². The molecule has 3 rings (SSSR count). The third kappa shape index (κ3) is 4.24. The molecule has 0 aliphatic heterocycles. The van der Waals surface area contributed by atoms with Gasteiger partial charge in [-0.1, -0.05) is 66.7 Å². The van der Waals surface area contributed by atoms with Crippen molar-refractivity contribution in [1.29, 1.82) is 0 Å². The number of hydrogen-bond acceptors (Lipinski definition) is 4. The standard InChI is InChI=1S/C21H21NO4/c23-13-17-11-19(15-26-14-16-7-3-1-4-8-16)21(20(12-17)22(24)25)18-9-5-2-6-10-18/h1-11,13,19-21H,12,14-15H2/t19-,20+,21-/m1/s1. The van der Waals surface area contributed by atoms with Crippen molar-refractivity contribution < 1.29 is 14.5 Å². The Labute approximate surface area is 152 Å². The maximum absolute atomic E-state index is 11.7. The van der Waals surface area contributed by atoms with Gasteiger partial charge < -0.3 is 4.74 Å². The third-order valence-electron chi connectivity index (χ3n) is 4.78. The van der Waals surface area contributed by atoms with Crippen LogP contribution in [-0.2, 0) is 16.1 Å². The molecule has 1 aliphatic rings. The van der Waals surface area contributed by atoms with E-state index in [1.165, 1.54) is 0 Å². The molecule has 0 saturated carbocycles. The maximum Gasteiger partial charge on any atom is 0.224 e. The van der Waals surface area contributed by atoms with Crippen molar-refractivity contribution in [2.75, 3.05) is 6.61 Å². The second-order valence-corrected chi connectivity index (χ2v) is 6.52. The Morgan fingerprint density at radius 3 is 2.35 bits per heavy atom. The molecule has 134 valence electrons. The highest BCUT2D eigenvalue weighted by Crippen LogP contribution is 2.38. The lowest BCUT2D eigenvalue weighted by Gasteiger charge is -2.31. The molecule has 0 heterocycles. The number of nitro groups is 1. The van der Waals surface area contributed by atoms with Crippen LogP contribution in [0, 0.1) is 16.0 Å². The van der Waals surface area contributed by atoms with E-state index < -0.39 is 6.04 Å². The van der Waals surface area contributed by atoms with Crippen LogP contribution in [0.1, 0.15) is 23.5 Å². The topological polar surface area (TPSA) is 69.4 Å². The summed E-state index contributed by atoms with van der Waals surface area (Å²) in [7, 11) is 0. The fraction of sp³-hybridized carbons (Fsp3) is 0.286. The second kappa shape index (κ2) is 8.54. The highest BCUT2D eigenvalue weighted by atomic mass is 16.6. The van der Waals surface area contributed by atoms with E-state index in [1.807, 2.05) is 66.7 Å². The summed E-state index contributed by atoms with van der Waals surface area (Å²) in [6.45, 7) is 0.766. The van der Waals surface area contributed by atoms with Gasteiger partial charge >= 0.3 is 0 Å². The van der Waals surface area contributed by atoms with E-state index in [4.69, 9.17) is 4.74 Å². The van der Waals surface area contributed by atoms with E-state index in [2.05, 4.69) is 0 Å². The molecular weight excluding hydrogens is 330 g/mol. The minimum Gasteiger partial charge on any atom is -0.376 e. The molecule has 2 aromatic carbocycles. The maximum atomic E-state index is 11.7. The van der Waals surface area contributed by atoms with Crippen LogP contribution in [0.4, 0.5) is 0 Å². The van der Waals surface area contributed by atoms with E-state index in [0.717, 1.165) is 17.4 Å². The van der Waals surface area contributed by atoms with Gasteiger partial charge in [-0.3, -0.25) is 14.9 Å². The van der Waals surface area contributed by atoms with Crippen molar-refractivity contribution in [1.82, 2.24) is 0 Å². The first kappa shape index (κ1) is 18.0. The summed E-state index contributed by atoms with van der Waals surface area (Å²) in [4.78, 5) is 22.7. The predicted molar refractivity (Wildman–Crippen MR) is 98.3 cm³/mol. The van der Waals surface area contributed by atoms with Gasteiger partial charge in [-0.05, 0) is 16.7 Å². The SMILES string of the molecule is O=CC1=C[C@H](COCc2ccccc2)[C@@H](c2ccccc2)[C@@H]([N+](=O)[O-])C1. The van der Waals surface area contributed by atoms with Crippen LogP contribution in [-0.4, -0.2) is 23.9 Å². The average molecular weight is 351 g/mol. The summed E-state index contributed by atoms with van der Waals surface area (Å²) in [6, 6.07) is 18.4. The number of hydrogen-bond donors (Lipinski definition) is 0. The Morgan fingerprint density at radius 2 is 1.73 bits per heavy atom. The van der Waals surface area contributed by atoms with E-state index in [-0.39, 0.29) is 23.2 Å². The summed E-state index contributed by atoms with van der Waals surface area (Å²) in [6.07, 6.45) is 2.73.